The lowest BCUT2D eigenvalue weighted by Crippen LogP contribution is -2.43. The third kappa shape index (κ3) is 7.65. The molecule has 0 unspecified atom stereocenters. The molecule has 0 radical (unpaired) electrons. The molecule has 2 aromatic heterocycles. The topological polar surface area (TPSA) is 109 Å². The number of benzene rings is 2. The van der Waals surface area contributed by atoms with Gasteiger partial charge in [0.25, 0.3) is 0 Å². The van der Waals surface area contributed by atoms with Crippen LogP contribution < -0.4 is 10.6 Å². The second-order valence-corrected chi connectivity index (χ2v) is 11.8. The second-order valence-electron chi connectivity index (χ2n) is 11.8. The molecule has 4 aromatic rings. The number of H-pyrrole nitrogens is 1. The quantitative estimate of drug-likeness (QED) is 0.0599. The van der Waals surface area contributed by atoms with Gasteiger partial charge in [0.2, 0.25) is 11.9 Å². The summed E-state index contributed by atoms with van der Waals surface area (Å²) >= 11 is 0. The molecule has 44 heavy (non-hydrogen) atoms. The fourth-order valence-corrected chi connectivity index (χ4v) is 5.81. The first kappa shape index (κ1) is 32.3. The Morgan fingerprint density at radius 2 is 1.73 bits per heavy atom. The molecule has 4 rings (SSSR count). The summed E-state index contributed by atoms with van der Waals surface area (Å²) in [7, 11) is 0. The highest BCUT2D eigenvalue weighted by atomic mass is 16.2. The number of aryl methyl sites for hydroxylation is 3. The second kappa shape index (κ2) is 14.7. The third-order valence-electron chi connectivity index (χ3n) is 8.21. The predicted octanol–water partition coefficient (Wildman–Crippen LogP) is 6.18. The van der Waals surface area contributed by atoms with Gasteiger partial charge in [-0.15, -0.1) is 0 Å². The highest BCUT2D eigenvalue weighted by molar-refractivity contribution is 5.94. The van der Waals surface area contributed by atoms with Gasteiger partial charge in [-0.2, -0.15) is 5.26 Å². The van der Waals surface area contributed by atoms with E-state index in [1.165, 1.54) is 22.3 Å². The number of aliphatic imine (C=N–C) groups is 1. The Labute approximate surface area is 261 Å². The summed E-state index contributed by atoms with van der Waals surface area (Å²) in [5.74, 6) is 0.601. The van der Waals surface area contributed by atoms with Crippen LogP contribution in [0.1, 0.15) is 61.9 Å². The smallest absolute Gasteiger partial charge is 0.232 e. The van der Waals surface area contributed by atoms with E-state index in [1.807, 2.05) is 50.9 Å². The molecule has 3 N–H and O–H groups in total. The van der Waals surface area contributed by atoms with E-state index in [2.05, 4.69) is 75.8 Å². The fourth-order valence-electron chi connectivity index (χ4n) is 5.81. The Morgan fingerprint density at radius 3 is 2.39 bits per heavy atom. The number of aromatic amines is 1. The van der Waals surface area contributed by atoms with Crippen LogP contribution >= 0.6 is 0 Å². The molecule has 0 bridgehead atoms. The Balaban J connectivity index is 1.62. The fraction of sp³-hybridized carbons (Fsp3) is 0.389. The number of pyridine rings is 1. The van der Waals surface area contributed by atoms with E-state index in [0.29, 0.717) is 38.6 Å². The first-order chi connectivity index (χ1) is 21.2. The number of nitrogens with one attached hydrogen (secondary N) is 3. The standard InChI is InChI=1S/C36H45N7O/c1-7-43(8-2)34(44)36(5,6)29-11-12-32-31(23-29)30(33(42-32)28-21-25(3)20-26(4)22-28)15-19-40-35(41-24-37)39-16-9-10-27-13-17-38-18-14-27/h11-14,17-18,20-23,42H,7-10,15-16,19H2,1-6H3,(H2,39,40,41). The molecule has 8 heteroatoms. The van der Waals surface area contributed by atoms with Gasteiger partial charge in [-0.25, -0.2) is 0 Å². The van der Waals surface area contributed by atoms with E-state index < -0.39 is 5.41 Å². The van der Waals surface area contributed by atoms with Crippen LogP contribution in [-0.2, 0) is 23.1 Å². The molecule has 0 aliphatic heterocycles. The Kier molecular flexibility index (Phi) is 10.8. The van der Waals surface area contributed by atoms with Crippen LogP contribution in [0.25, 0.3) is 22.2 Å². The minimum atomic E-state index is -0.667. The molecule has 0 fully saturated rings. The number of fused-ring (bicyclic) bond motifs is 1. The lowest BCUT2D eigenvalue weighted by atomic mass is 9.82. The number of carbonyl (C=O) groups excluding carboxylic acids is 1. The molecular weight excluding hydrogens is 546 g/mol. The molecule has 2 heterocycles. The van der Waals surface area contributed by atoms with Crippen LogP contribution in [0, 0.1) is 25.3 Å². The molecule has 8 nitrogen and oxygen atoms in total. The number of hydrogen-bond acceptors (Lipinski definition) is 4. The SMILES string of the molecule is CCN(CC)C(=O)C(C)(C)c1ccc2[nH]c(-c3cc(C)cc(C)c3)c(CCNC(=NCCCc3ccncc3)NC#N)c2c1. The number of guanidine groups is 1. The van der Waals surface area contributed by atoms with Crippen LogP contribution in [0.15, 0.2) is 65.9 Å². The maximum Gasteiger partial charge on any atom is 0.232 e. The van der Waals surface area contributed by atoms with Crippen LogP contribution in [0.2, 0.25) is 0 Å². The van der Waals surface area contributed by atoms with Gasteiger partial charge in [0.05, 0.1) is 5.41 Å². The lowest BCUT2D eigenvalue weighted by molar-refractivity contribution is -0.135. The van der Waals surface area contributed by atoms with Crippen molar-refractivity contribution in [2.75, 3.05) is 26.2 Å². The monoisotopic (exact) mass is 591 g/mol. The maximum atomic E-state index is 13.5. The van der Waals surface area contributed by atoms with Crippen molar-refractivity contribution in [1.29, 1.82) is 5.26 Å². The summed E-state index contributed by atoms with van der Waals surface area (Å²) in [4.78, 5) is 27.8. The average molecular weight is 592 g/mol. The van der Waals surface area contributed by atoms with Crippen LogP contribution in [0.4, 0.5) is 0 Å². The molecule has 1 amide bonds. The molecule has 0 saturated carbocycles. The van der Waals surface area contributed by atoms with Crippen molar-refractivity contribution in [3.63, 3.8) is 0 Å². The number of nitrogens with zero attached hydrogens (tertiary/aromatic N) is 4. The molecule has 0 aliphatic rings. The van der Waals surface area contributed by atoms with E-state index in [-0.39, 0.29) is 5.91 Å². The van der Waals surface area contributed by atoms with E-state index in [1.54, 1.807) is 12.4 Å². The lowest BCUT2D eigenvalue weighted by Gasteiger charge is -2.31. The van der Waals surface area contributed by atoms with Crippen LogP contribution in [-0.4, -0.2) is 52.9 Å². The Bertz CT molecular complexity index is 1620. The van der Waals surface area contributed by atoms with Gasteiger partial charge < -0.3 is 15.2 Å². The average Bonchev–Trinajstić information content (AvgIpc) is 3.37. The molecule has 0 saturated heterocycles. The normalized spacial score (nSPS) is 11.8. The molecule has 0 atom stereocenters. The first-order valence-electron chi connectivity index (χ1n) is 15.5. The van der Waals surface area contributed by atoms with Crippen molar-refractivity contribution in [2.45, 2.75) is 66.2 Å². The van der Waals surface area contributed by atoms with Crippen molar-refractivity contribution in [3.05, 3.63) is 88.7 Å². The van der Waals surface area contributed by atoms with Crippen molar-refractivity contribution in [2.24, 2.45) is 4.99 Å². The number of amides is 1. The Morgan fingerprint density at radius 1 is 1.02 bits per heavy atom. The van der Waals surface area contributed by atoms with E-state index >= 15 is 0 Å². The van der Waals surface area contributed by atoms with Crippen molar-refractivity contribution >= 4 is 22.8 Å². The van der Waals surface area contributed by atoms with Crippen molar-refractivity contribution < 1.29 is 4.79 Å². The van der Waals surface area contributed by atoms with Crippen LogP contribution in [0.3, 0.4) is 0 Å². The zero-order chi connectivity index (χ0) is 31.7. The molecule has 0 aliphatic carbocycles. The van der Waals surface area contributed by atoms with E-state index in [9.17, 15) is 10.1 Å². The van der Waals surface area contributed by atoms with Crippen molar-refractivity contribution in [3.8, 4) is 17.5 Å². The molecule has 230 valence electrons. The number of likely N-dealkylation sites (N-methyl/N-ethyl adjacent to an activating group) is 1. The molecular formula is C36H45N7O. The molecule has 2 aromatic carbocycles. The summed E-state index contributed by atoms with van der Waals surface area (Å²) in [5, 5.41) is 16.5. The van der Waals surface area contributed by atoms with Gasteiger partial charge in [0.1, 0.15) is 0 Å². The summed E-state index contributed by atoms with van der Waals surface area (Å²) in [6, 6.07) is 17.0. The molecule has 0 spiro atoms. The number of nitriles is 1. The summed E-state index contributed by atoms with van der Waals surface area (Å²) in [6.07, 6.45) is 8.07. The first-order valence-corrected chi connectivity index (χ1v) is 15.5. The zero-order valence-electron chi connectivity index (χ0n) is 26.9. The zero-order valence-corrected chi connectivity index (χ0v) is 26.9. The highest BCUT2D eigenvalue weighted by Crippen LogP contribution is 2.35. The predicted molar refractivity (Wildman–Crippen MR) is 179 cm³/mol. The number of rotatable bonds is 12. The van der Waals surface area contributed by atoms with Gasteiger partial charge in [-0.3, -0.25) is 20.1 Å². The van der Waals surface area contributed by atoms with E-state index in [4.69, 9.17) is 0 Å². The van der Waals surface area contributed by atoms with Gasteiger partial charge in [-0.1, -0.05) is 23.3 Å². The Hall–Kier alpha value is -4.64. The minimum Gasteiger partial charge on any atom is -0.355 e. The summed E-state index contributed by atoms with van der Waals surface area (Å²) in [5.41, 5.74) is 8.35. The van der Waals surface area contributed by atoms with Crippen LogP contribution in [0.5, 0.6) is 0 Å². The number of carbonyl (C=O) groups is 1. The van der Waals surface area contributed by atoms with Gasteiger partial charge in [0.15, 0.2) is 6.19 Å². The van der Waals surface area contributed by atoms with Gasteiger partial charge >= 0.3 is 0 Å². The third-order valence-corrected chi connectivity index (χ3v) is 8.21. The number of hydrogen-bond donors (Lipinski definition) is 3. The van der Waals surface area contributed by atoms with E-state index in [0.717, 1.165) is 40.6 Å². The minimum absolute atomic E-state index is 0.127. The number of aromatic nitrogens is 2. The maximum absolute atomic E-state index is 13.5. The largest absolute Gasteiger partial charge is 0.355 e. The van der Waals surface area contributed by atoms with Crippen molar-refractivity contribution in [1.82, 2.24) is 25.5 Å². The summed E-state index contributed by atoms with van der Waals surface area (Å²) in [6.45, 7) is 14.8. The van der Waals surface area contributed by atoms with Gasteiger partial charge in [0, 0.05) is 55.2 Å². The highest BCUT2D eigenvalue weighted by Gasteiger charge is 2.33. The van der Waals surface area contributed by atoms with Gasteiger partial charge in [-0.05, 0) is 119 Å². The summed E-state index contributed by atoms with van der Waals surface area (Å²) < 4.78 is 0.